The van der Waals surface area contributed by atoms with Crippen molar-refractivity contribution in [3.05, 3.63) is 35.9 Å². The maximum absolute atomic E-state index is 12.9. The van der Waals surface area contributed by atoms with Gasteiger partial charge in [-0.25, -0.2) is 0 Å². The van der Waals surface area contributed by atoms with Crippen molar-refractivity contribution in [2.24, 2.45) is 0 Å². The van der Waals surface area contributed by atoms with Crippen LogP contribution in [0.5, 0.6) is 0 Å². The standard InChI is InChI=1S/C15H21F3N2/c1-13(2)10-20(11-15(16,17)18)14(3,9-19-13)12-7-5-4-6-8-12/h4-8,19H,9-11H2,1-3H3. The lowest BCUT2D eigenvalue weighted by molar-refractivity contribution is -0.167. The summed E-state index contributed by atoms with van der Waals surface area (Å²) in [7, 11) is 0. The molecule has 20 heavy (non-hydrogen) atoms. The van der Waals surface area contributed by atoms with Gasteiger partial charge in [-0.2, -0.15) is 13.2 Å². The normalized spacial score (nSPS) is 27.5. The summed E-state index contributed by atoms with van der Waals surface area (Å²) in [6.07, 6.45) is -4.19. The minimum Gasteiger partial charge on any atom is -0.308 e. The highest BCUT2D eigenvalue weighted by atomic mass is 19.4. The van der Waals surface area contributed by atoms with Gasteiger partial charge in [0.1, 0.15) is 0 Å². The predicted molar refractivity (Wildman–Crippen MR) is 73.5 cm³/mol. The zero-order valence-corrected chi connectivity index (χ0v) is 12.1. The molecule has 112 valence electrons. The number of halogens is 3. The molecule has 1 unspecified atom stereocenters. The highest BCUT2D eigenvalue weighted by Crippen LogP contribution is 2.35. The van der Waals surface area contributed by atoms with Gasteiger partial charge in [-0.1, -0.05) is 30.3 Å². The molecule has 0 bridgehead atoms. The van der Waals surface area contributed by atoms with Crippen LogP contribution >= 0.6 is 0 Å². The molecule has 1 fully saturated rings. The van der Waals surface area contributed by atoms with Gasteiger partial charge in [0.05, 0.1) is 12.1 Å². The van der Waals surface area contributed by atoms with E-state index in [-0.39, 0.29) is 5.54 Å². The third-order valence-electron chi connectivity index (χ3n) is 3.96. The summed E-state index contributed by atoms with van der Waals surface area (Å²) in [6.45, 7) is 5.71. The molecule has 2 rings (SSSR count). The fourth-order valence-electron chi connectivity index (χ4n) is 2.76. The first kappa shape index (κ1) is 15.3. The lowest BCUT2D eigenvalue weighted by Crippen LogP contribution is -2.66. The van der Waals surface area contributed by atoms with Gasteiger partial charge >= 0.3 is 6.18 Å². The van der Waals surface area contributed by atoms with Gasteiger partial charge in [0, 0.05) is 18.6 Å². The van der Waals surface area contributed by atoms with Crippen molar-refractivity contribution in [1.82, 2.24) is 10.2 Å². The Hall–Kier alpha value is -1.07. The number of hydrogen-bond acceptors (Lipinski definition) is 2. The van der Waals surface area contributed by atoms with Crippen LogP contribution in [0.1, 0.15) is 26.3 Å². The van der Waals surface area contributed by atoms with E-state index in [0.29, 0.717) is 13.1 Å². The van der Waals surface area contributed by atoms with E-state index in [2.05, 4.69) is 5.32 Å². The zero-order chi connectivity index (χ0) is 15.0. The van der Waals surface area contributed by atoms with Crippen LogP contribution in [0.4, 0.5) is 13.2 Å². The molecule has 1 atom stereocenters. The Labute approximate surface area is 118 Å². The molecule has 1 saturated heterocycles. The van der Waals surface area contributed by atoms with E-state index in [4.69, 9.17) is 0 Å². The Morgan fingerprint density at radius 1 is 1.15 bits per heavy atom. The number of benzene rings is 1. The van der Waals surface area contributed by atoms with Crippen molar-refractivity contribution in [3.8, 4) is 0 Å². The number of nitrogens with zero attached hydrogens (tertiary/aromatic N) is 1. The average molecular weight is 286 g/mol. The third kappa shape index (κ3) is 3.33. The lowest BCUT2D eigenvalue weighted by Gasteiger charge is -2.51. The van der Waals surface area contributed by atoms with E-state index in [1.807, 2.05) is 51.1 Å². The highest BCUT2D eigenvalue weighted by molar-refractivity contribution is 5.26. The Morgan fingerprint density at radius 2 is 1.75 bits per heavy atom. The molecule has 5 heteroatoms. The quantitative estimate of drug-likeness (QED) is 0.898. The summed E-state index contributed by atoms with van der Waals surface area (Å²) in [4.78, 5) is 1.54. The maximum atomic E-state index is 12.9. The van der Waals surface area contributed by atoms with Crippen LogP contribution in [0.25, 0.3) is 0 Å². The van der Waals surface area contributed by atoms with Crippen LogP contribution in [0.15, 0.2) is 30.3 Å². The van der Waals surface area contributed by atoms with Gasteiger partial charge < -0.3 is 5.32 Å². The van der Waals surface area contributed by atoms with Crippen LogP contribution in [0.2, 0.25) is 0 Å². The van der Waals surface area contributed by atoms with Gasteiger partial charge in [-0.15, -0.1) is 0 Å². The number of alkyl halides is 3. The monoisotopic (exact) mass is 286 g/mol. The second kappa shape index (κ2) is 5.04. The van der Waals surface area contributed by atoms with Crippen molar-refractivity contribution in [2.45, 2.75) is 38.0 Å². The van der Waals surface area contributed by atoms with Crippen LogP contribution < -0.4 is 5.32 Å². The summed E-state index contributed by atoms with van der Waals surface area (Å²) < 4.78 is 38.7. The predicted octanol–water partition coefficient (Wildman–Crippen LogP) is 3.15. The first-order valence-corrected chi connectivity index (χ1v) is 6.75. The van der Waals surface area contributed by atoms with Crippen LogP contribution in [0, 0.1) is 0 Å². The molecular formula is C15H21F3N2. The zero-order valence-electron chi connectivity index (χ0n) is 12.1. The molecular weight excluding hydrogens is 265 g/mol. The van der Waals surface area contributed by atoms with Crippen molar-refractivity contribution < 1.29 is 13.2 Å². The molecule has 1 aliphatic rings. The fourth-order valence-corrected chi connectivity index (χ4v) is 2.76. The SMILES string of the molecule is CC1(C)CN(CC(F)(F)F)C(C)(c2ccccc2)CN1. The fraction of sp³-hybridized carbons (Fsp3) is 0.600. The molecule has 0 amide bonds. The van der Waals surface area contributed by atoms with Gasteiger partial charge in [0.15, 0.2) is 0 Å². The molecule has 0 radical (unpaired) electrons. The van der Waals surface area contributed by atoms with Gasteiger partial charge in [0.25, 0.3) is 0 Å². The van der Waals surface area contributed by atoms with Crippen molar-refractivity contribution in [2.75, 3.05) is 19.6 Å². The van der Waals surface area contributed by atoms with Crippen LogP contribution in [-0.2, 0) is 5.54 Å². The first-order valence-electron chi connectivity index (χ1n) is 6.75. The van der Waals surface area contributed by atoms with E-state index in [9.17, 15) is 13.2 Å². The Morgan fingerprint density at radius 3 is 2.30 bits per heavy atom. The van der Waals surface area contributed by atoms with E-state index in [0.717, 1.165) is 5.56 Å². The molecule has 0 saturated carbocycles. The Kier molecular flexibility index (Phi) is 3.86. The minimum atomic E-state index is -4.19. The Balaban J connectivity index is 2.34. The molecule has 1 aromatic rings. The lowest BCUT2D eigenvalue weighted by atomic mass is 9.84. The average Bonchev–Trinajstić information content (AvgIpc) is 2.33. The van der Waals surface area contributed by atoms with Crippen LogP contribution in [0.3, 0.4) is 0 Å². The van der Waals surface area contributed by atoms with E-state index < -0.39 is 18.3 Å². The summed E-state index contributed by atoms with van der Waals surface area (Å²) >= 11 is 0. The summed E-state index contributed by atoms with van der Waals surface area (Å²) in [5.74, 6) is 0. The third-order valence-corrected chi connectivity index (χ3v) is 3.96. The molecule has 2 nitrogen and oxygen atoms in total. The number of nitrogens with one attached hydrogen (secondary N) is 1. The molecule has 0 aliphatic carbocycles. The summed E-state index contributed by atoms with van der Waals surface area (Å²) in [6, 6.07) is 9.39. The van der Waals surface area contributed by atoms with Gasteiger partial charge in [0.2, 0.25) is 0 Å². The molecule has 1 N–H and O–H groups in total. The first-order chi connectivity index (χ1) is 9.12. The highest BCUT2D eigenvalue weighted by Gasteiger charge is 2.46. The molecule has 0 aromatic heterocycles. The summed E-state index contributed by atoms with van der Waals surface area (Å²) in [5.41, 5.74) is -0.0569. The maximum Gasteiger partial charge on any atom is 0.401 e. The van der Waals surface area contributed by atoms with Gasteiger partial charge in [-0.05, 0) is 26.3 Å². The van der Waals surface area contributed by atoms with E-state index >= 15 is 0 Å². The topological polar surface area (TPSA) is 15.3 Å². The summed E-state index contributed by atoms with van der Waals surface area (Å²) in [5, 5.41) is 3.35. The van der Waals surface area contributed by atoms with Gasteiger partial charge in [-0.3, -0.25) is 4.90 Å². The van der Waals surface area contributed by atoms with E-state index in [1.165, 1.54) is 0 Å². The number of rotatable bonds is 2. The smallest absolute Gasteiger partial charge is 0.308 e. The molecule has 1 heterocycles. The molecule has 1 aliphatic heterocycles. The van der Waals surface area contributed by atoms with Crippen molar-refractivity contribution in [1.29, 1.82) is 0 Å². The largest absolute Gasteiger partial charge is 0.401 e. The molecule has 1 aromatic carbocycles. The minimum absolute atomic E-state index is 0.320. The van der Waals surface area contributed by atoms with Crippen molar-refractivity contribution >= 4 is 0 Å². The number of hydrogen-bond donors (Lipinski definition) is 1. The molecule has 0 spiro atoms. The second-order valence-corrected chi connectivity index (χ2v) is 6.35. The second-order valence-electron chi connectivity index (χ2n) is 6.35. The van der Waals surface area contributed by atoms with E-state index in [1.54, 1.807) is 4.90 Å². The van der Waals surface area contributed by atoms with Crippen LogP contribution in [-0.4, -0.2) is 36.2 Å². The Bertz CT molecular complexity index is 454. The van der Waals surface area contributed by atoms with Crippen molar-refractivity contribution in [3.63, 3.8) is 0 Å². The number of piperazine rings is 1.